The molecule has 5 heteroatoms. The number of aromatic nitrogens is 1. The number of nitrogens with zero attached hydrogens (tertiary/aromatic N) is 1. The fourth-order valence-corrected chi connectivity index (χ4v) is 1.75. The van der Waals surface area contributed by atoms with Crippen molar-refractivity contribution in [3.05, 3.63) is 52.4 Å². The number of hydrogen-bond acceptors (Lipinski definition) is 4. The minimum Gasteiger partial charge on any atom is -0.460 e. The number of anilines is 1. The third kappa shape index (κ3) is 4.07. The number of nitrogens with one attached hydrogen (secondary N) is 1. The average Bonchev–Trinajstić information content (AvgIpc) is 2.85. The highest BCUT2D eigenvalue weighted by molar-refractivity contribution is 5.91. The summed E-state index contributed by atoms with van der Waals surface area (Å²) in [5.41, 5.74) is 6.90. The van der Waals surface area contributed by atoms with Crippen LogP contribution in [0.5, 0.6) is 0 Å². The van der Waals surface area contributed by atoms with E-state index in [1.807, 2.05) is 19.1 Å². The highest BCUT2D eigenvalue weighted by atomic mass is 16.3. The van der Waals surface area contributed by atoms with E-state index in [9.17, 15) is 4.79 Å². The molecule has 2 rings (SSSR count). The minimum atomic E-state index is -0.212. The minimum absolute atomic E-state index is 0.212. The standard InChI is InChI=1S/C16H17N3O2/c1-3-13-8-14(21-11(13)2)10-19-16(20)7-5-12-4-6-15(17)18-9-12/h3-9H,2,10H2,1H3,(H2,17,18)(H,19,20)/b7-5+,13-3-. The van der Waals surface area contributed by atoms with Gasteiger partial charge in [-0.3, -0.25) is 4.79 Å². The first-order chi connectivity index (χ1) is 10.1. The van der Waals surface area contributed by atoms with Crippen molar-refractivity contribution >= 4 is 30.5 Å². The van der Waals surface area contributed by atoms with Gasteiger partial charge in [-0.05, 0) is 36.8 Å². The molecule has 0 aliphatic carbocycles. The van der Waals surface area contributed by atoms with Crippen molar-refractivity contribution in [3.63, 3.8) is 0 Å². The summed E-state index contributed by atoms with van der Waals surface area (Å²) in [7, 11) is 0. The quantitative estimate of drug-likeness (QED) is 0.813. The topological polar surface area (TPSA) is 81.2 Å². The van der Waals surface area contributed by atoms with Crippen LogP contribution < -0.4 is 21.7 Å². The normalized spacial score (nSPS) is 12.0. The van der Waals surface area contributed by atoms with Crippen LogP contribution in [0.3, 0.4) is 0 Å². The molecule has 0 unspecified atom stereocenters. The van der Waals surface area contributed by atoms with E-state index >= 15 is 0 Å². The SMILES string of the molecule is C=c1oc(CNC(=O)/C=C/c2ccc(N)nc2)c/c1=C/C. The summed E-state index contributed by atoms with van der Waals surface area (Å²) in [6, 6.07) is 5.33. The Hall–Kier alpha value is -2.82. The third-order valence-electron chi connectivity index (χ3n) is 2.88. The summed E-state index contributed by atoms with van der Waals surface area (Å²) < 4.78 is 5.43. The number of nitrogens with two attached hydrogens (primary N) is 1. The van der Waals surface area contributed by atoms with Gasteiger partial charge in [0, 0.05) is 17.5 Å². The molecule has 0 aliphatic rings. The first kappa shape index (κ1) is 14.6. The zero-order valence-corrected chi connectivity index (χ0v) is 11.8. The van der Waals surface area contributed by atoms with E-state index in [1.165, 1.54) is 6.08 Å². The molecule has 0 atom stereocenters. The summed E-state index contributed by atoms with van der Waals surface area (Å²) in [5, 5.41) is 3.67. The average molecular weight is 283 g/mol. The number of amides is 1. The Balaban J connectivity index is 1.92. The van der Waals surface area contributed by atoms with Crippen molar-refractivity contribution < 1.29 is 9.21 Å². The lowest BCUT2D eigenvalue weighted by Crippen LogP contribution is -2.19. The fraction of sp³-hybridized carbons (Fsp3) is 0.125. The summed E-state index contributed by atoms with van der Waals surface area (Å²) in [4.78, 5) is 15.7. The van der Waals surface area contributed by atoms with Gasteiger partial charge in [-0.1, -0.05) is 12.7 Å². The molecule has 0 aromatic carbocycles. The Morgan fingerprint density at radius 2 is 2.33 bits per heavy atom. The zero-order chi connectivity index (χ0) is 15.2. The number of pyridine rings is 1. The monoisotopic (exact) mass is 283 g/mol. The molecule has 108 valence electrons. The van der Waals surface area contributed by atoms with Gasteiger partial charge in [-0.2, -0.15) is 0 Å². The van der Waals surface area contributed by atoms with Crippen molar-refractivity contribution in [1.29, 1.82) is 0 Å². The lowest BCUT2D eigenvalue weighted by atomic mass is 10.2. The van der Waals surface area contributed by atoms with Crippen molar-refractivity contribution in [3.8, 4) is 0 Å². The molecular formula is C16H17N3O2. The van der Waals surface area contributed by atoms with Gasteiger partial charge in [0.15, 0.2) is 0 Å². The molecule has 0 radical (unpaired) electrons. The van der Waals surface area contributed by atoms with E-state index < -0.39 is 0 Å². The largest absolute Gasteiger partial charge is 0.460 e. The highest BCUT2D eigenvalue weighted by Gasteiger charge is 2.01. The van der Waals surface area contributed by atoms with Crippen molar-refractivity contribution in [2.24, 2.45) is 0 Å². The first-order valence-corrected chi connectivity index (χ1v) is 6.50. The van der Waals surface area contributed by atoms with E-state index in [2.05, 4.69) is 16.9 Å². The Labute approximate surface area is 122 Å². The van der Waals surface area contributed by atoms with Crippen LogP contribution in [0.1, 0.15) is 18.2 Å². The maximum Gasteiger partial charge on any atom is 0.244 e. The second kappa shape index (κ2) is 6.56. The lowest BCUT2D eigenvalue weighted by Gasteiger charge is -1.98. The molecule has 2 aromatic rings. The molecule has 0 spiro atoms. The predicted molar refractivity (Wildman–Crippen MR) is 83.1 cm³/mol. The van der Waals surface area contributed by atoms with Crippen LogP contribution in [0, 0.1) is 0 Å². The Kier molecular flexibility index (Phi) is 4.56. The molecule has 21 heavy (non-hydrogen) atoms. The van der Waals surface area contributed by atoms with Crippen molar-refractivity contribution in [2.45, 2.75) is 13.5 Å². The van der Waals surface area contributed by atoms with E-state index in [4.69, 9.17) is 10.2 Å². The smallest absolute Gasteiger partial charge is 0.244 e. The van der Waals surface area contributed by atoms with Crippen LogP contribution in [-0.4, -0.2) is 10.9 Å². The Morgan fingerprint density at radius 1 is 1.52 bits per heavy atom. The number of carbonyl (C=O) groups is 1. The van der Waals surface area contributed by atoms with Crippen LogP contribution in [0.15, 0.2) is 34.9 Å². The van der Waals surface area contributed by atoms with E-state index in [0.29, 0.717) is 23.5 Å². The summed E-state index contributed by atoms with van der Waals surface area (Å²) in [6.45, 7) is 6.01. The van der Waals surface area contributed by atoms with Gasteiger partial charge in [0.2, 0.25) is 5.91 Å². The summed E-state index contributed by atoms with van der Waals surface area (Å²) in [5.74, 6) is 0.904. The van der Waals surface area contributed by atoms with Crippen LogP contribution in [0.2, 0.25) is 0 Å². The van der Waals surface area contributed by atoms with E-state index in [-0.39, 0.29) is 5.91 Å². The van der Waals surface area contributed by atoms with Crippen LogP contribution in [0.4, 0.5) is 5.82 Å². The predicted octanol–water partition coefficient (Wildman–Crippen LogP) is 0.797. The van der Waals surface area contributed by atoms with Gasteiger partial charge >= 0.3 is 0 Å². The number of rotatable bonds is 4. The van der Waals surface area contributed by atoms with Gasteiger partial charge in [0.25, 0.3) is 0 Å². The van der Waals surface area contributed by atoms with Gasteiger partial charge in [-0.15, -0.1) is 0 Å². The molecule has 5 nitrogen and oxygen atoms in total. The third-order valence-corrected chi connectivity index (χ3v) is 2.88. The van der Waals surface area contributed by atoms with Gasteiger partial charge in [0.05, 0.1) is 6.54 Å². The molecule has 0 saturated heterocycles. The first-order valence-electron chi connectivity index (χ1n) is 6.50. The Bertz CT molecular complexity index is 758. The highest BCUT2D eigenvalue weighted by Crippen LogP contribution is 2.03. The molecule has 0 fully saturated rings. The van der Waals surface area contributed by atoms with Crippen LogP contribution >= 0.6 is 0 Å². The zero-order valence-electron chi connectivity index (χ0n) is 11.8. The number of nitrogen functional groups attached to an aromatic ring is 1. The summed E-state index contributed by atoms with van der Waals surface area (Å²) in [6.07, 6.45) is 6.62. The van der Waals surface area contributed by atoms with Crippen LogP contribution in [-0.2, 0) is 11.3 Å². The lowest BCUT2D eigenvalue weighted by molar-refractivity contribution is -0.116. The second-order valence-electron chi connectivity index (χ2n) is 4.45. The molecule has 0 bridgehead atoms. The van der Waals surface area contributed by atoms with E-state index in [1.54, 1.807) is 24.4 Å². The van der Waals surface area contributed by atoms with Crippen LogP contribution in [0.25, 0.3) is 18.7 Å². The van der Waals surface area contributed by atoms with Gasteiger partial charge in [0.1, 0.15) is 17.0 Å². The molecule has 0 aliphatic heterocycles. The van der Waals surface area contributed by atoms with Crippen molar-refractivity contribution in [2.75, 3.05) is 5.73 Å². The molecule has 2 heterocycles. The van der Waals surface area contributed by atoms with Gasteiger partial charge < -0.3 is 15.5 Å². The number of hydrogen-bond donors (Lipinski definition) is 2. The number of furan rings is 1. The molecule has 3 N–H and O–H groups in total. The molecule has 1 amide bonds. The molecule has 0 saturated carbocycles. The van der Waals surface area contributed by atoms with E-state index in [0.717, 1.165) is 10.8 Å². The number of carbonyl (C=O) groups excluding carboxylic acids is 1. The second-order valence-corrected chi connectivity index (χ2v) is 4.45. The summed E-state index contributed by atoms with van der Waals surface area (Å²) >= 11 is 0. The molecular weight excluding hydrogens is 266 g/mol. The fourth-order valence-electron chi connectivity index (χ4n) is 1.75. The maximum atomic E-state index is 11.7. The van der Waals surface area contributed by atoms with Crippen molar-refractivity contribution in [1.82, 2.24) is 10.3 Å². The maximum absolute atomic E-state index is 11.7. The Morgan fingerprint density at radius 3 is 2.95 bits per heavy atom. The van der Waals surface area contributed by atoms with Gasteiger partial charge in [-0.25, -0.2) is 4.98 Å². The molecule has 2 aromatic heterocycles.